The average molecular weight is 669 g/mol. The van der Waals surface area contributed by atoms with Gasteiger partial charge in [0.05, 0.1) is 41.0 Å². The van der Waals surface area contributed by atoms with Crippen molar-refractivity contribution in [2.45, 2.75) is 34.7 Å². The third-order valence-electron chi connectivity index (χ3n) is 7.16. The third-order valence-corrected chi connectivity index (χ3v) is 9.40. The molecule has 1 fully saturated rings. The van der Waals surface area contributed by atoms with Crippen molar-refractivity contribution >= 4 is 64.2 Å². The molecular formula is C28H22Cl3F2N5O4S. The van der Waals surface area contributed by atoms with Crippen LogP contribution in [0.2, 0.25) is 10.0 Å². The lowest BCUT2D eigenvalue weighted by molar-refractivity contribution is 0.0740. The first-order valence-corrected chi connectivity index (χ1v) is 14.7. The molecule has 0 bridgehead atoms. The average Bonchev–Trinajstić information content (AvgIpc) is 3.40. The summed E-state index contributed by atoms with van der Waals surface area (Å²) in [5, 5.41) is 6.41. The van der Waals surface area contributed by atoms with Gasteiger partial charge in [-0.15, -0.1) is 0 Å². The zero-order valence-electron chi connectivity index (χ0n) is 22.6. The van der Waals surface area contributed by atoms with Crippen LogP contribution in [0.5, 0.6) is 5.75 Å². The summed E-state index contributed by atoms with van der Waals surface area (Å²) in [6.07, 6.45) is 0.699. The number of carbonyl (C=O) groups is 2. The zero-order valence-corrected chi connectivity index (χ0v) is 25.7. The van der Waals surface area contributed by atoms with Gasteiger partial charge in [0.15, 0.2) is 0 Å². The van der Waals surface area contributed by atoms with Crippen molar-refractivity contribution in [2.24, 2.45) is 0 Å². The number of urea groups is 1. The van der Waals surface area contributed by atoms with Gasteiger partial charge in [-0.25, -0.2) is 4.79 Å². The minimum atomic E-state index is -3.93. The van der Waals surface area contributed by atoms with Crippen LogP contribution in [0.25, 0.3) is 0 Å². The van der Waals surface area contributed by atoms with Crippen LogP contribution >= 0.6 is 46.6 Å². The Hall–Kier alpha value is -3.50. The van der Waals surface area contributed by atoms with Crippen molar-refractivity contribution < 1.29 is 23.1 Å². The van der Waals surface area contributed by atoms with E-state index >= 15 is 0 Å². The highest BCUT2D eigenvalue weighted by Gasteiger charge is 2.37. The maximum Gasteiger partial charge on any atom is 0.362 e. The smallest absolute Gasteiger partial charge is 0.362 e. The molecule has 1 aromatic heterocycles. The molecule has 5 rings (SSSR count). The second kappa shape index (κ2) is 11.9. The highest BCUT2D eigenvalue weighted by molar-refractivity contribution is 7.99. The number of rotatable bonds is 6. The molecule has 0 radical (unpaired) electrons. The van der Waals surface area contributed by atoms with Crippen molar-refractivity contribution in [1.29, 1.82) is 5.26 Å². The number of aromatic nitrogens is 1. The lowest BCUT2D eigenvalue weighted by Crippen LogP contribution is -2.47. The Labute approximate surface area is 263 Å². The molecule has 0 atom stereocenters. The number of nitriles is 1. The SMILES string of the molecule is COc1c(N2CCCN(C)C2=O)cc(C#N)c2c1CN(C(=O)c1c(Sc3c(Cl)cccc3Cl)cc(C(F)(F)Cl)[nH]c1=O)C2. The molecule has 0 spiro atoms. The molecule has 0 saturated carbocycles. The highest BCUT2D eigenvalue weighted by atomic mass is 35.5. The third kappa shape index (κ3) is 5.74. The van der Waals surface area contributed by atoms with Gasteiger partial charge in [-0.1, -0.05) is 41.0 Å². The molecule has 9 nitrogen and oxygen atoms in total. The fourth-order valence-electron chi connectivity index (χ4n) is 5.11. The van der Waals surface area contributed by atoms with E-state index in [1.165, 1.54) is 29.0 Å². The molecule has 0 unspecified atom stereocenters. The number of fused-ring (bicyclic) bond motifs is 1. The molecule has 3 amide bonds. The Morgan fingerprint density at radius 3 is 2.44 bits per heavy atom. The number of aromatic amines is 1. The number of nitrogens with zero attached hydrogens (tertiary/aromatic N) is 4. The van der Waals surface area contributed by atoms with Gasteiger partial charge in [0.1, 0.15) is 17.0 Å². The van der Waals surface area contributed by atoms with Crippen LogP contribution in [0.4, 0.5) is 19.3 Å². The maximum atomic E-state index is 14.1. The number of halogens is 5. The minimum absolute atomic E-state index is 0.0780. The Balaban J connectivity index is 1.58. The lowest BCUT2D eigenvalue weighted by atomic mass is 10.0. The first-order valence-electron chi connectivity index (χ1n) is 12.8. The Morgan fingerprint density at radius 1 is 1.14 bits per heavy atom. The van der Waals surface area contributed by atoms with Crippen molar-refractivity contribution in [3.05, 3.63) is 78.7 Å². The van der Waals surface area contributed by atoms with Crippen LogP contribution in [0.15, 0.2) is 44.9 Å². The van der Waals surface area contributed by atoms with Gasteiger partial charge in [0, 0.05) is 42.0 Å². The van der Waals surface area contributed by atoms with Crippen LogP contribution in [0.3, 0.4) is 0 Å². The van der Waals surface area contributed by atoms with E-state index in [1.807, 2.05) is 4.98 Å². The number of carbonyl (C=O) groups excluding carboxylic acids is 2. The van der Waals surface area contributed by atoms with E-state index < -0.39 is 28.1 Å². The Morgan fingerprint density at radius 2 is 1.81 bits per heavy atom. The summed E-state index contributed by atoms with van der Waals surface area (Å²) in [5.41, 5.74) is -0.859. The number of pyridine rings is 1. The Kier molecular flexibility index (Phi) is 8.55. The maximum absolute atomic E-state index is 14.1. The van der Waals surface area contributed by atoms with Gasteiger partial charge in [-0.2, -0.15) is 14.0 Å². The van der Waals surface area contributed by atoms with E-state index in [9.17, 15) is 28.4 Å². The van der Waals surface area contributed by atoms with Gasteiger partial charge in [0.2, 0.25) is 0 Å². The van der Waals surface area contributed by atoms with Gasteiger partial charge in [-0.05, 0) is 47.9 Å². The monoisotopic (exact) mass is 667 g/mol. The van der Waals surface area contributed by atoms with Crippen molar-refractivity contribution in [3.63, 3.8) is 0 Å². The number of hydrogen-bond donors (Lipinski definition) is 1. The van der Waals surface area contributed by atoms with Gasteiger partial charge >= 0.3 is 11.4 Å². The molecule has 3 aromatic rings. The number of anilines is 1. The number of nitrogens with one attached hydrogen (secondary N) is 1. The topological polar surface area (TPSA) is 110 Å². The lowest BCUT2D eigenvalue weighted by Gasteiger charge is -2.34. The first-order chi connectivity index (χ1) is 20.3. The second-order valence-corrected chi connectivity index (χ2v) is 12.2. The second-order valence-electron chi connectivity index (χ2n) is 9.82. The summed E-state index contributed by atoms with van der Waals surface area (Å²) < 4.78 is 33.9. The van der Waals surface area contributed by atoms with E-state index in [0.29, 0.717) is 42.1 Å². The fraction of sp³-hybridized carbons (Fsp3) is 0.286. The fourth-order valence-corrected chi connectivity index (χ4v) is 6.85. The van der Waals surface area contributed by atoms with Gasteiger partial charge < -0.3 is 19.5 Å². The van der Waals surface area contributed by atoms with E-state index in [0.717, 1.165) is 17.8 Å². The Bertz CT molecular complexity index is 1740. The van der Waals surface area contributed by atoms with E-state index in [1.54, 1.807) is 24.1 Å². The van der Waals surface area contributed by atoms with Crippen LogP contribution in [-0.2, 0) is 18.5 Å². The van der Waals surface area contributed by atoms with Crippen LogP contribution in [0.1, 0.15) is 39.2 Å². The molecule has 2 aliphatic rings. The van der Waals surface area contributed by atoms with E-state index in [4.69, 9.17) is 39.5 Å². The number of benzene rings is 2. The molecule has 3 heterocycles. The molecule has 43 heavy (non-hydrogen) atoms. The molecule has 1 saturated heterocycles. The predicted molar refractivity (Wildman–Crippen MR) is 159 cm³/mol. The van der Waals surface area contributed by atoms with Gasteiger partial charge in [-0.3, -0.25) is 14.5 Å². The van der Waals surface area contributed by atoms with Crippen LogP contribution < -0.4 is 15.2 Å². The van der Waals surface area contributed by atoms with Crippen molar-refractivity contribution in [2.75, 3.05) is 32.1 Å². The molecule has 15 heteroatoms. The number of hydrogen-bond acceptors (Lipinski definition) is 6. The molecule has 2 aromatic carbocycles. The molecule has 0 aliphatic carbocycles. The number of ether oxygens (including phenoxy) is 1. The molecular weight excluding hydrogens is 647 g/mol. The molecule has 1 N–H and O–H groups in total. The summed E-state index contributed by atoms with van der Waals surface area (Å²) in [5.74, 6) is -0.481. The number of H-pyrrole nitrogens is 1. The number of alkyl halides is 3. The predicted octanol–water partition coefficient (Wildman–Crippen LogP) is 6.42. The summed E-state index contributed by atoms with van der Waals surface area (Å²) in [6.45, 7) is 0.829. The van der Waals surface area contributed by atoms with Crippen molar-refractivity contribution in [1.82, 2.24) is 14.8 Å². The minimum Gasteiger partial charge on any atom is -0.494 e. The first kappa shape index (κ1) is 30.9. The summed E-state index contributed by atoms with van der Waals surface area (Å²) in [6, 6.07) is 8.96. The van der Waals surface area contributed by atoms with E-state index in [2.05, 4.69) is 6.07 Å². The molecule has 224 valence electrons. The normalized spacial score (nSPS) is 15.0. The highest BCUT2D eigenvalue weighted by Crippen LogP contribution is 2.44. The quantitative estimate of drug-likeness (QED) is 0.304. The largest absolute Gasteiger partial charge is 0.494 e. The summed E-state index contributed by atoms with van der Waals surface area (Å²) in [7, 11) is 3.10. The van der Waals surface area contributed by atoms with Crippen LogP contribution in [-0.4, -0.2) is 54.0 Å². The van der Waals surface area contributed by atoms with E-state index in [-0.39, 0.29) is 44.5 Å². The number of amides is 3. The van der Waals surface area contributed by atoms with Crippen molar-refractivity contribution in [3.8, 4) is 11.8 Å². The summed E-state index contributed by atoms with van der Waals surface area (Å²) >= 11 is 18.6. The van der Waals surface area contributed by atoms with Crippen LogP contribution in [0, 0.1) is 11.3 Å². The molecule has 2 aliphatic heterocycles. The standard InChI is InChI=1S/C28H22Cl3F2N5O4S/c1-36-7-4-8-38(27(36)41)19-9-14(11-34)15-12-37(13-16(15)23(19)42-2)26(40)22-20(10-21(28(31,32)33)35-25(22)39)43-24-17(29)5-3-6-18(24)30/h3,5-6,9-10H,4,7-8,12-13H2,1-2H3,(H,35,39). The van der Waals surface area contributed by atoms with Gasteiger partial charge in [0.25, 0.3) is 11.5 Å². The summed E-state index contributed by atoms with van der Waals surface area (Å²) in [4.78, 5) is 46.6. The number of methoxy groups -OCH3 is 1. The zero-order chi connectivity index (χ0) is 31.2.